The van der Waals surface area contributed by atoms with E-state index in [-0.39, 0.29) is 24.0 Å². The summed E-state index contributed by atoms with van der Waals surface area (Å²) in [5.41, 5.74) is 6.22. The van der Waals surface area contributed by atoms with Crippen LogP contribution in [0.5, 0.6) is 0 Å². The molecule has 2 aromatic rings. The molecule has 0 radical (unpaired) electrons. The van der Waals surface area contributed by atoms with Crippen LogP contribution in [0.1, 0.15) is 15.9 Å². The minimum Gasteiger partial charge on any atom is -0.369 e. The van der Waals surface area contributed by atoms with Crippen molar-refractivity contribution in [1.82, 2.24) is 5.32 Å². The first-order valence-corrected chi connectivity index (χ1v) is 8.47. The normalized spacial score (nSPS) is 10.3. The summed E-state index contributed by atoms with van der Waals surface area (Å²) in [6.07, 6.45) is 0. The average molecular weight is 397 g/mol. The van der Waals surface area contributed by atoms with Crippen LogP contribution in [-0.2, 0) is 11.3 Å². The van der Waals surface area contributed by atoms with Gasteiger partial charge in [-0.1, -0.05) is 28.1 Å². The molecular weight excluding hydrogens is 383 g/mol. The maximum Gasteiger partial charge on any atom is 0.252 e. The Kier molecular flexibility index (Phi) is 6.18. The van der Waals surface area contributed by atoms with Gasteiger partial charge in [0, 0.05) is 15.9 Å². The van der Waals surface area contributed by atoms with Crippen molar-refractivity contribution in [2.75, 3.05) is 5.75 Å². The standard InChI is InChI=1S/C16H14BrFN2O2S/c17-13-6-5-11(18)7-10(13)8-20-16(22)12-3-1-2-4-14(12)23-9-15(19)21/h1-7H,8-9H2,(H2,19,21)(H,20,22). The van der Waals surface area contributed by atoms with E-state index in [9.17, 15) is 14.0 Å². The van der Waals surface area contributed by atoms with E-state index in [0.29, 0.717) is 16.0 Å². The van der Waals surface area contributed by atoms with Crippen molar-refractivity contribution in [2.24, 2.45) is 5.73 Å². The van der Waals surface area contributed by atoms with Crippen LogP contribution in [-0.4, -0.2) is 17.6 Å². The molecule has 0 heterocycles. The summed E-state index contributed by atoms with van der Waals surface area (Å²) in [5.74, 6) is -1.02. The lowest BCUT2D eigenvalue weighted by molar-refractivity contribution is -0.115. The van der Waals surface area contributed by atoms with Crippen molar-refractivity contribution in [3.63, 3.8) is 0 Å². The third-order valence-corrected chi connectivity index (χ3v) is 4.82. The van der Waals surface area contributed by atoms with Crippen LogP contribution < -0.4 is 11.1 Å². The lowest BCUT2D eigenvalue weighted by Gasteiger charge is -2.10. The van der Waals surface area contributed by atoms with Crippen LogP contribution in [0.2, 0.25) is 0 Å². The first kappa shape index (κ1) is 17.5. The van der Waals surface area contributed by atoms with Gasteiger partial charge in [0.05, 0.1) is 11.3 Å². The Bertz CT molecular complexity index is 740. The lowest BCUT2D eigenvalue weighted by atomic mass is 10.2. The van der Waals surface area contributed by atoms with Crippen molar-refractivity contribution in [3.05, 3.63) is 63.9 Å². The van der Waals surface area contributed by atoms with Gasteiger partial charge in [0.25, 0.3) is 5.91 Å². The third kappa shape index (κ3) is 5.07. The molecule has 2 amide bonds. The molecule has 4 nitrogen and oxygen atoms in total. The number of thioether (sulfide) groups is 1. The molecule has 23 heavy (non-hydrogen) atoms. The van der Waals surface area contributed by atoms with Gasteiger partial charge < -0.3 is 11.1 Å². The highest BCUT2D eigenvalue weighted by molar-refractivity contribution is 9.10. The van der Waals surface area contributed by atoms with E-state index >= 15 is 0 Å². The summed E-state index contributed by atoms with van der Waals surface area (Å²) >= 11 is 4.52. The number of hydrogen-bond donors (Lipinski definition) is 2. The van der Waals surface area contributed by atoms with Gasteiger partial charge in [-0.2, -0.15) is 0 Å². The molecule has 0 atom stereocenters. The molecule has 0 saturated heterocycles. The number of primary amides is 1. The summed E-state index contributed by atoms with van der Waals surface area (Å²) in [4.78, 5) is 23.9. The Morgan fingerprint density at radius 3 is 2.70 bits per heavy atom. The SMILES string of the molecule is NC(=O)CSc1ccccc1C(=O)NCc1cc(F)ccc1Br. The second-order valence-corrected chi connectivity index (χ2v) is 6.54. The molecular formula is C16H14BrFN2O2S. The number of rotatable bonds is 6. The molecule has 0 bridgehead atoms. The van der Waals surface area contributed by atoms with E-state index in [0.717, 1.165) is 4.47 Å². The molecule has 7 heteroatoms. The second-order valence-electron chi connectivity index (χ2n) is 4.67. The van der Waals surface area contributed by atoms with Crippen LogP contribution in [0, 0.1) is 5.82 Å². The summed E-state index contributed by atoms with van der Waals surface area (Å²) in [6, 6.07) is 11.2. The summed E-state index contributed by atoms with van der Waals surface area (Å²) in [5, 5.41) is 2.75. The van der Waals surface area contributed by atoms with Crippen molar-refractivity contribution < 1.29 is 14.0 Å². The van der Waals surface area contributed by atoms with Gasteiger partial charge in [-0.05, 0) is 35.9 Å². The number of carbonyl (C=O) groups excluding carboxylic acids is 2. The molecule has 0 aliphatic rings. The molecule has 2 aromatic carbocycles. The lowest BCUT2D eigenvalue weighted by Crippen LogP contribution is -2.24. The molecule has 0 spiro atoms. The zero-order valence-corrected chi connectivity index (χ0v) is 14.4. The van der Waals surface area contributed by atoms with Crippen molar-refractivity contribution in [1.29, 1.82) is 0 Å². The molecule has 0 aromatic heterocycles. The second kappa shape index (κ2) is 8.12. The predicted molar refractivity (Wildman–Crippen MR) is 91.6 cm³/mol. The van der Waals surface area contributed by atoms with E-state index in [1.54, 1.807) is 30.3 Å². The van der Waals surface area contributed by atoms with Crippen molar-refractivity contribution in [2.45, 2.75) is 11.4 Å². The fourth-order valence-electron chi connectivity index (χ4n) is 1.88. The zero-order valence-electron chi connectivity index (χ0n) is 12.0. The molecule has 0 saturated carbocycles. The Labute approximate surface area is 145 Å². The predicted octanol–water partition coefficient (Wildman–Crippen LogP) is 3.10. The number of hydrogen-bond acceptors (Lipinski definition) is 3. The highest BCUT2D eigenvalue weighted by Gasteiger charge is 2.12. The first-order chi connectivity index (χ1) is 11.0. The quantitative estimate of drug-likeness (QED) is 0.736. The van der Waals surface area contributed by atoms with E-state index in [2.05, 4.69) is 21.2 Å². The number of nitrogens with two attached hydrogens (primary N) is 1. The van der Waals surface area contributed by atoms with Crippen LogP contribution in [0.25, 0.3) is 0 Å². The van der Waals surface area contributed by atoms with Gasteiger partial charge in [-0.3, -0.25) is 9.59 Å². The van der Waals surface area contributed by atoms with Crippen LogP contribution in [0.3, 0.4) is 0 Å². The molecule has 0 unspecified atom stereocenters. The third-order valence-electron chi connectivity index (χ3n) is 2.95. The van der Waals surface area contributed by atoms with Crippen molar-refractivity contribution in [3.8, 4) is 0 Å². The minimum atomic E-state index is -0.450. The summed E-state index contributed by atoms with van der Waals surface area (Å²) in [7, 11) is 0. The number of benzene rings is 2. The first-order valence-electron chi connectivity index (χ1n) is 6.69. The number of halogens is 2. The largest absolute Gasteiger partial charge is 0.369 e. The number of nitrogens with one attached hydrogen (secondary N) is 1. The molecule has 2 rings (SSSR count). The van der Waals surface area contributed by atoms with Gasteiger partial charge in [-0.15, -0.1) is 11.8 Å². The molecule has 0 fully saturated rings. The van der Waals surface area contributed by atoms with Gasteiger partial charge >= 0.3 is 0 Å². The van der Waals surface area contributed by atoms with Crippen LogP contribution >= 0.6 is 27.7 Å². The Hall–Kier alpha value is -1.86. The zero-order chi connectivity index (χ0) is 16.8. The molecule has 120 valence electrons. The van der Waals surface area contributed by atoms with E-state index < -0.39 is 5.91 Å². The number of amides is 2. The maximum atomic E-state index is 13.3. The molecule has 3 N–H and O–H groups in total. The molecule has 0 aliphatic carbocycles. The van der Waals surface area contributed by atoms with Gasteiger partial charge in [0.15, 0.2) is 0 Å². The summed E-state index contributed by atoms with van der Waals surface area (Å²) < 4.78 is 14.0. The van der Waals surface area contributed by atoms with Crippen LogP contribution in [0.4, 0.5) is 4.39 Å². The molecule has 0 aliphatic heterocycles. The fourth-order valence-corrected chi connectivity index (χ4v) is 3.05. The van der Waals surface area contributed by atoms with Gasteiger partial charge in [0.2, 0.25) is 5.91 Å². The topological polar surface area (TPSA) is 72.2 Å². The average Bonchev–Trinajstić information content (AvgIpc) is 2.53. The Balaban J connectivity index is 2.08. The van der Waals surface area contributed by atoms with Gasteiger partial charge in [0.1, 0.15) is 5.82 Å². The van der Waals surface area contributed by atoms with Crippen molar-refractivity contribution >= 4 is 39.5 Å². The Morgan fingerprint density at radius 2 is 1.96 bits per heavy atom. The smallest absolute Gasteiger partial charge is 0.252 e. The minimum absolute atomic E-state index is 0.0970. The number of carbonyl (C=O) groups is 2. The van der Waals surface area contributed by atoms with Gasteiger partial charge in [-0.25, -0.2) is 4.39 Å². The summed E-state index contributed by atoms with van der Waals surface area (Å²) in [6.45, 7) is 0.187. The highest BCUT2D eigenvalue weighted by Crippen LogP contribution is 2.23. The van der Waals surface area contributed by atoms with E-state index in [1.165, 1.54) is 23.9 Å². The monoisotopic (exact) mass is 396 g/mol. The highest BCUT2D eigenvalue weighted by atomic mass is 79.9. The fraction of sp³-hybridized carbons (Fsp3) is 0.125. The van der Waals surface area contributed by atoms with E-state index in [1.807, 2.05) is 0 Å². The maximum absolute atomic E-state index is 13.3. The Morgan fingerprint density at radius 1 is 1.22 bits per heavy atom. The van der Waals surface area contributed by atoms with Crippen LogP contribution in [0.15, 0.2) is 51.8 Å². The van der Waals surface area contributed by atoms with E-state index in [4.69, 9.17) is 5.73 Å².